The fourth-order valence-corrected chi connectivity index (χ4v) is 5.63. The zero-order valence-electron chi connectivity index (χ0n) is 16.7. The van der Waals surface area contributed by atoms with Crippen molar-refractivity contribution in [3.63, 3.8) is 0 Å². The normalized spacial score (nSPS) is 17.8. The van der Waals surface area contributed by atoms with Gasteiger partial charge in [0, 0.05) is 10.2 Å². The molecular formula is C22H22BrN3O3S. The molecule has 2 heterocycles. The number of halogens is 1. The second kappa shape index (κ2) is 8.00. The van der Waals surface area contributed by atoms with Crippen LogP contribution in [0.15, 0.2) is 53.0 Å². The molecule has 0 saturated carbocycles. The van der Waals surface area contributed by atoms with Crippen LogP contribution < -0.4 is 5.32 Å². The molecule has 2 aromatic carbocycles. The summed E-state index contributed by atoms with van der Waals surface area (Å²) in [5.74, 6) is -0.151. The Bertz CT molecular complexity index is 1220. The van der Waals surface area contributed by atoms with E-state index in [9.17, 15) is 13.2 Å². The Morgan fingerprint density at radius 2 is 1.87 bits per heavy atom. The highest BCUT2D eigenvalue weighted by Crippen LogP contribution is 2.30. The lowest BCUT2D eigenvalue weighted by Crippen LogP contribution is -2.16. The predicted octanol–water partition coefficient (Wildman–Crippen LogP) is 4.54. The van der Waals surface area contributed by atoms with E-state index in [2.05, 4.69) is 26.3 Å². The fourth-order valence-electron chi connectivity index (χ4n) is 3.56. The number of hydrogen-bond acceptors (Lipinski definition) is 4. The van der Waals surface area contributed by atoms with E-state index in [1.54, 1.807) is 10.7 Å². The average molecular weight is 488 g/mol. The van der Waals surface area contributed by atoms with E-state index in [0.717, 1.165) is 26.9 Å². The van der Waals surface area contributed by atoms with Crippen LogP contribution >= 0.6 is 15.9 Å². The number of hydrogen-bond donors (Lipinski definition) is 1. The van der Waals surface area contributed by atoms with Gasteiger partial charge in [0.15, 0.2) is 15.5 Å². The van der Waals surface area contributed by atoms with Crippen LogP contribution in [0.1, 0.15) is 34.1 Å². The van der Waals surface area contributed by atoms with Gasteiger partial charge in [0.1, 0.15) is 0 Å². The molecule has 1 N–H and O–H groups in total. The minimum absolute atomic E-state index is 0.0412. The van der Waals surface area contributed by atoms with E-state index in [1.165, 1.54) is 0 Å². The van der Waals surface area contributed by atoms with Crippen LogP contribution in [0.5, 0.6) is 0 Å². The van der Waals surface area contributed by atoms with Crippen LogP contribution in [-0.2, 0) is 9.84 Å². The van der Waals surface area contributed by atoms with Crippen molar-refractivity contribution < 1.29 is 13.2 Å². The van der Waals surface area contributed by atoms with Gasteiger partial charge in [-0.25, -0.2) is 8.42 Å². The van der Waals surface area contributed by atoms with Crippen LogP contribution in [0.2, 0.25) is 0 Å². The second-order valence-electron chi connectivity index (χ2n) is 7.70. The zero-order chi connectivity index (χ0) is 21.5. The molecule has 0 aliphatic carbocycles. The maximum absolute atomic E-state index is 12.9. The summed E-state index contributed by atoms with van der Waals surface area (Å²) in [5.41, 5.74) is 4.75. The van der Waals surface area contributed by atoms with Crippen LogP contribution in [-0.4, -0.2) is 35.6 Å². The lowest BCUT2D eigenvalue weighted by molar-refractivity contribution is 0.102. The lowest BCUT2D eigenvalue weighted by Gasteiger charge is -2.13. The number of aromatic nitrogens is 2. The lowest BCUT2D eigenvalue weighted by atomic mass is 10.1. The molecule has 1 fully saturated rings. The van der Waals surface area contributed by atoms with Gasteiger partial charge in [0.05, 0.1) is 23.2 Å². The first-order chi connectivity index (χ1) is 14.2. The summed E-state index contributed by atoms with van der Waals surface area (Å²) in [6, 6.07) is 14.9. The van der Waals surface area contributed by atoms with Crippen LogP contribution in [0.25, 0.3) is 11.3 Å². The van der Waals surface area contributed by atoms with Gasteiger partial charge < -0.3 is 5.32 Å². The number of anilines is 1. The molecule has 0 spiro atoms. The molecule has 4 rings (SSSR count). The maximum atomic E-state index is 12.9. The smallest absolute Gasteiger partial charge is 0.276 e. The monoisotopic (exact) mass is 487 g/mol. The van der Waals surface area contributed by atoms with Crippen molar-refractivity contribution in [2.45, 2.75) is 26.3 Å². The minimum atomic E-state index is -3.08. The first-order valence-corrected chi connectivity index (χ1v) is 12.3. The van der Waals surface area contributed by atoms with Crippen LogP contribution in [0.3, 0.4) is 0 Å². The van der Waals surface area contributed by atoms with Crippen molar-refractivity contribution in [1.82, 2.24) is 9.78 Å². The highest BCUT2D eigenvalue weighted by molar-refractivity contribution is 9.10. The van der Waals surface area contributed by atoms with Crippen molar-refractivity contribution in [3.05, 3.63) is 69.8 Å². The number of nitrogens with zero attached hydrogens (tertiary/aromatic N) is 2. The molecule has 1 aromatic heterocycles. The minimum Gasteiger partial charge on any atom is -0.321 e. The summed E-state index contributed by atoms with van der Waals surface area (Å²) in [6.45, 7) is 3.98. The van der Waals surface area contributed by atoms with Crippen molar-refractivity contribution >= 4 is 37.4 Å². The SMILES string of the molecule is Cc1ccc(-c2cc(C(=O)Nc3ccc(C)c(Br)c3)nn2[C@H]2CCS(=O)(=O)C2)cc1. The Labute approximate surface area is 184 Å². The standard InChI is InChI=1S/C22H22BrN3O3S/c1-14-3-6-16(7-4-14)21-12-20(25-26(21)18-9-10-30(28,29)13-18)22(27)24-17-8-5-15(2)19(23)11-17/h3-8,11-12,18H,9-10,13H2,1-2H3,(H,24,27)/t18-/m0/s1. The van der Waals surface area contributed by atoms with E-state index < -0.39 is 9.84 Å². The topological polar surface area (TPSA) is 81.1 Å². The summed E-state index contributed by atoms with van der Waals surface area (Å²) in [7, 11) is -3.08. The first-order valence-electron chi connectivity index (χ1n) is 9.66. The van der Waals surface area contributed by atoms with E-state index in [4.69, 9.17) is 0 Å². The molecule has 8 heteroatoms. The largest absolute Gasteiger partial charge is 0.321 e. The molecule has 6 nitrogen and oxygen atoms in total. The number of nitrogens with one attached hydrogen (secondary N) is 1. The Balaban J connectivity index is 1.70. The number of carbonyl (C=O) groups is 1. The van der Waals surface area contributed by atoms with Gasteiger partial charge in [-0.1, -0.05) is 51.8 Å². The molecule has 1 aliphatic rings. The van der Waals surface area contributed by atoms with E-state index in [-0.39, 0.29) is 29.1 Å². The van der Waals surface area contributed by atoms with Gasteiger partial charge in [0.25, 0.3) is 5.91 Å². The quantitative estimate of drug-likeness (QED) is 0.585. The Kier molecular flexibility index (Phi) is 5.55. The third-order valence-electron chi connectivity index (χ3n) is 5.30. The van der Waals surface area contributed by atoms with Gasteiger partial charge in [-0.2, -0.15) is 5.10 Å². The molecular weight excluding hydrogens is 466 g/mol. The summed E-state index contributed by atoms with van der Waals surface area (Å²) in [5, 5.41) is 7.39. The summed E-state index contributed by atoms with van der Waals surface area (Å²) < 4.78 is 26.7. The van der Waals surface area contributed by atoms with Gasteiger partial charge in [-0.05, 0) is 49.6 Å². The summed E-state index contributed by atoms with van der Waals surface area (Å²) in [4.78, 5) is 12.9. The molecule has 0 unspecified atom stereocenters. The average Bonchev–Trinajstić information content (AvgIpc) is 3.29. The van der Waals surface area contributed by atoms with Gasteiger partial charge in [-0.15, -0.1) is 0 Å². The van der Waals surface area contributed by atoms with Gasteiger partial charge >= 0.3 is 0 Å². The molecule has 3 aromatic rings. The predicted molar refractivity (Wildman–Crippen MR) is 122 cm³/mol. The molecule has 30 heavy (non-hydrogen) atoms. The maximum Gasteiger partial charge on any atom is 0.276 e. The summed E-state index contributed by atoms with van der Waals surface area (Å²) in [6.07, 6.45) is 0.495. The number of amides is 1. The molecule has 0 radical (unpaired) electrons. The van der Waals surface area contributed by atoms with Crippen LogP contribution in [0.4, 0.5) is 5.69 Å². The van der Waals surface area contributed by atoms with Gasteiger partial charge in [0.2, 0.25) is 0 Å². The molecule has 0 bridgehead atoms. The van der Waals surface area contributed by atoms with Crippen molar-refractivity contribution in [3.8, 4) is 11.3 Å². The number of aryl methyl sites for hydroxylation is 2. The number of rotatable bonds is 4. The molecule has 1 saturated heterocycles. The van der Waals surface area contributed by atoms with Gasteiger partial charge in [-0.3, -0.25) is 9.48 Å². The summed E-state index contributed by atoms with van der Waals surface area (Å²) >= 11 is 3.47. The Morgan fingerprint density at radius 3 is 2.50 bits per heavy atom. The highest BCUT2D eigenvalue weighted by Gasteiger charge is 2.32. The number of carbonyl (C=O) groups excluding carboxylic acids is 1. The first kappa shape index (κ1) is 20.8. The second-order valence-corrected chi connectivity index (χ2v) is 10.8. The third-order valence-corrected chi connectivity index (χ3v) is 7.90. The highest BCUT2D eigenvalue weighted by atomic mass is 79.9. The van der Waals surface area contributed by atoms with E-state index >= 15 is 0 Å². The van der Waals surface area contributed by atoms with E-state index in [1.807, 2.05) is 56.3 Å². The molecule has 156 valence electrons. The van der Waals surface area contributed by atoms with E-state index in [0.29, 0.717) is 12.1 Å². The van der Waals surface area contributed by atoms with Crippen molar-refractivity contribution in [2.24, 2.45) is 0 Å². The number of sulfone groups is 1. The molecule has 1 atom stereocenters. The van der Waals surface area contributed by atoms with Crippen molar-refractivity contribution in [2.75, 3.05) is 16.8 Å². The molecule has 1 amide bonds. The van der Waals surface area contributed by atoms with Crippen molar-refractivity contribution in [1.29, 1.82) is 0 Å². The molecule has 1 aliphatic heterocycles. The fraction of sp³-hybridized carbons (Fsp3) is 0.273. The zero-order valence-corrected chi connectivity index (χ0v) is 19.1. The Hall–Kier alpha value is -2.45. The third kappa shape index (κ3) is 4.34. The van der Waals surface area contributed by atoms with Crippen LogP contribution in [0, 0.1) is 13.8 Å². The Morgan fingerprint density at radius 1 is 1.13 bits per heavy atom. The number of benzene rings is 2.